The maximum Gasteiger partial charge on any atom is 0.123 e. The van der Waals surface area contributed by atoms with Gasteiger partial charge in [-0.15, -0.1) is 0 Å². The van der Waals surface area contributed by atoms with Gasteiger partial charge in [-0.05, 0) is 54.6 Å². The second-order valence-corrected chi connectivity index (χ2v) is 5.59. The Morgan fingerprint density at radius 1 is 1.05 bits per heavy atom. The molecule has 0 fully saturated rings. The highest BCUT2D eigenvalue weighted by molar-refractivity contribution is 9.10. The zero-order chi connectivity index (χ0) is 13.7. The summed E-state index contributed by atoms with van der Waals surface area (Å²) < 4.78 is 14.2. The molecule has 19 heavy (non-hydrogen) atoms. The van der Waals surface area contributed by atoms with E-state index in [0.29, 0.717) is 12.5 Å². The first kappa shape index (κ1) is 14.2. The molecule has 1 unspecified atom stereocenters. The molecule has 1 nitrogen and oxygen atoms in total. The van der Waals surface area contributed by atoms with Crippen molar-refractivity contribution in [1.82, 2.24) is 0 Å². The summed E-state index contributed by atoms with van der Waals surface area (Å²) in [6.07, 6.45) is 1.70. The first-order valence-corrected chi connectivity index (χ1v) is 7.16. The van der Waals surface area contributed by atoms with Gasteiger partial charge in [0.25, 0.3) is 0 Å². The molecule has 2 rings (SSSR count). The molecule has 0 aliphatic carbocycles. The van der Waals surface area contributed by atoms with Crippen molar-refractivity contribution in [3.05, 3.63) is 69.9 Å². The molecule has 0 heterocycles. The lowest BCUT2D eigenvalue weighted by molar-refractivity contribution is 0.529. The third-order valence-corrected chi connectivity index (χ3v) is 3.99. The Morgan fingerprint density at radius 3 is 2.47 bits per heavy atom. The Labute approximate surface area is 121 Å². The lowest BCUT2D eigenvalue weighted by atomic mass is 9.92. The van der Waals surface area contributed by atoms with Gasteiger partial charge < -0.3 is 5.73 Å². The standard InChI is InChI=1S/C16H17BrFN/c17-16-7-6-15(18)10-14(16)9-13(11-19)8-12-4-2-1-3-5-12/h1-7,10,13H,8-9,11,19H2. The minimum atomic E-state index is -0.200. The van der Waals surface area contributed by atoms with Gasteiger partial charge in [-0.1, -0.05) is 46.3 Å². The number of benzene rings is 2. The molecule has 0 amide bonds. The lowest BCUT2D eigenvalue weighted by Crippen LogP contribution is -2.19. The highest BCUT2D eigenvalue weighted by atomic mass is 79.9. The molecule has 2 aromatic carbocycles. The molecule has 0 aliphatic rings. The van der Waals surface area contributed by atoms with Crippen LogP contribution in [0.4, 0.5) is 4.39 Å². The van der Waals surface area contributed by atoms with Crippen LogP contribution in [0.5, 0.6) is 0 Å². The Bertz CT molecular complexity index is 528. The van der Waals surface area contributed by atoms with Gasteiger partial charge in [-0.25, -0.2) is 4.39 Å². The summed E-state index contributed by atoms with van der Waals surface area (Å²) >= 11 is 3.47. The zero-order valence-corrected chi connectivity index (χ0v) is 12.2. The van der Waals surface area contributed by atoms with E-state index in [9.17, 15) is 4.39 Å². The van der Waals surface area contributed by atoms with Gasteiger partial charge in [0.1, 0.15) is 5.82 Å². The first-order valence-electron chi connectivity index (χ1n) is 6.37. The van der Waals surface area contributed by atoms with Crippen LogP contribution in [0.15, 0.2) is 53.0 Å². The minimum absolute atomic E-state index is 0.200. The Kier molecular flexibility index (Phi) is 5.11. The van der Waals surface area contributed by atoms with E-state index in [0.717, 1.165) is 22.9 Å². The maximum atomic E-state index is 13.3. The summed E-state index contributed by atoms with van der Waals surface area (Å²) in [7, 11) is 0. The van der Waals surface area contributed by atoms with E-state index in [1.54, 1.807) is 12.1 Å². The van der Waals surface area contributed by atoms with Gasteiger partial charge in [0.15, 0.2) is 0 Å². The summed E-state index contributed by atoms with van der Waals surface area (Å²) in [5.41, 5.74) is 8.09. The predicted octanol–water partition coefficient (Wildman–Crippen LogP) is 3.95. The zero-order valence-electron chi connectivity index (χ0n) is 10.7. The molecular formula is C16H17BrFN. The van der Waals surface area contributed by atoms with Crippen molar-refractivity contribution >= 4 is 15.9 Å². The van der Waals surface area contributed by atoms with E-state index in [1.165, 1.54) is 11.6 Å². The smallest absolute Gasteiger partial charge is 0.123 e. The predicted molar refractivity (Wildman–Crippen MR) is 80.5 cm³/mol. The van der Waals surface area contributed by atoms with Crippen LogP contribution < -0.4 is 5.73 Å². The second-order valence-electron chi connectivity index (χ2n) is 4.73. The van der Waals surface area contributed by atoms with Gasteiger partial charge in [-0.3, -0.25) is 0 Å². The van der Waals surface area contributed by atoms with E-state index in [1.807, 2.05) is 18.2 Å². The van der Waals surface area contributed by atoms with Gasteiger partial charge in [0, 0.05) is 4.47 Å². The minimum Gasteiger partial charge on any atom is -0.330 e. The number of hydrogen-bond acceptors (Lipinski definition) is 1. The number of rotatable bonds is 5. The van der Waals surface area contributed by atoms with Gasteiger partial charge >= 0.3 is 0 Å². The average molecular weight is 322 g/mol. The summed E-state index contributed by atoms with van der Waals surface area (Å²) in [5.74, 6) is 0.120. The fourth-order valence-electron chi connectivity index (χ4n) is 2.20. The number of halogens is 2. The van der Waals surface area contributed by atoms with Crippen molar-refractivity contribution in [2.45, 2.75) is 12.8 Å². The van der Waals surface area contributed by atoms with Crippen LogP contribution in [0, 0.1) is 11.7 Å². The molecule has 100 valence electrons. The third-order valence-electron chi connectivity index (χ3n) is 3.22. The van der Waals surface area contributed by atoms with Crippen molar-refractivity contribution in [3.63, 3.8) is 0 Å². The third kappa shape index (κ3) is 4.15. The van der Waals surface area contributed by atoms with Crippen molar-refractivity contribution in [3.8, 4) is 0 Å². The summed E-state index contributed by atoms with van der Waals surface area (Å²) in [6, 6.07) is 15.1. The van der Waals surface area contributed by atoms with Crippen LogP contribution in [0.1, 0.15) is 11.1 Å². The Hall–Kier alpha value is -1.19. The van der Waals surface area contributed by atoms with E-state index < -0.39 is 0 Å². The van der Waals surface area contributed by atoms with Crippen LogP contribution in [-0.2, 0) is 12.8 Å². The molecule has 0 saturated heterocycles. The van der Waals surface area contributed by atoms with Gasteiger partial charge in [-0.2, -0.15) is 0 Å². The topological polar surface area (TPSA) is 26.0 Å². The molecule has 2 N–H and O–H groups in total. The molecule has 0 aromatic heterocycles. The number of nitrogens with two attached hydrogens (primary N) is 1. The summed E-state index contributed by atoms with van der Waals surface area (Å²) in [5, 5.41) is 0. The van der Waals surface area contributed by atoms with E-state index in [4.69, 9.17) is 5.73 Å². The van der Waals surface area contributed by atoms with E-state index in [2.05, 4.69) is 28.1 Å². The van der Waals surface area contributed by atoms with E-state index >= 15 is 0 Å². The van der Waals surface area contributed by atoms with Crippen LogP contribution in [0.3, 0.4) is 0 Å². The van der Waals surface area contributed by atoms with Crippen molar-refractivity contribution in [2.24, 2.45) is 11.7 Å². The van der Waals surface area contributed by atoms with Gasteiger partial charge in [0.2, 0.25) is 0 Å². The monoisotopic (exact) mass is 321 g/mol. The highest BCUT2D eigenvalue weighted by Crippen LogP contribution is 2.22. The Balaban J connectivity index is 2.09. The van der Waals surface area contributed by atoms with Crippen molar-refractivity contribution in [1.29, 1.82) is 0 Å². The lowest BCUT2D eigenvalue weighted by Gasteiger charge is -2.16. The molecule has 0 radical (unpaired) electrons. The molecule has 3 heteroatoms. The molecular weight excluding hydrogens is 305 g/mol. The summed E-state index contributed by atoms with van der Waals surface area (Å²) in [4.78, 5) is 0. The van der Waals surface area contributed by atoms with Crippen LogP contribution in [0.2, 0.25) is 0 Å². The van der Waals surface area contributed by atoms with Crippen LogP contribution in [-0.4, -0.2) is 6.54 Å². The fourth-order valence-corrected chi connectivity index (χ4v) is 2.61. The van der Waals surface area contributed by atoms with Crippen molar-refractivity contribution in [2.75, 3.05) is 6.54 Å². The van der Waals surface area contributed by atoms with E-state index in [-0.39, 0.29) is 5.82 Å². The summed E-state index contributed by atoms with van der Waals surface area (Å²) in [6.45, 7) is 0.595. The first-order chi connectivity index (χ1) is 9.19. The molecule has 2 aromatic rings. The highest BCUT2D eigenvalue weighted by Gasteiger charge is 2.11. The van der Waals surface area contributed by atoms with Crippen LogP contribution >= 0.6 is 15.9 Å². The van der Waals surface area contributed by atoms with Crippen molar-refractivity contribution < 1.29 is 4.39 Å². The average Bonchev–Trinajstić information content (AvgIpc) is 2.43. The van der Waals surface area contributed by atoms with Crippen LogP contribution in [0.25, 0.3) is 0 Å². The SMILES string of the molecule is NCC(Cc1ccccc1)Cc1cc(F)ccc1Br. The molecule has 0 bridgehead atoms. The molecule has 0 spiro atoms. The largest absolute Gasteiger partial charge is 0.330 e. The Morgan fingerprint density at radius 2 is 1.79 bits per heavy atom. The fraction of sp³-hybridized carbons (Fsp3) is 0.250. The second kappa shape index (κ2) is 6.83. The molecule has 0 saturated carbocycles. The number of hydrogen-bond donors (Lipinski definition) is 1. The quantitative estimate of drug-likeness (QED) is 0.886. The molecule has 1 atom stereocenters. The normalized spacial score (nSPS) is 12.4. The molecule has 0 aliphatic heterocycles. The van der Waals surface area contributed by atoms with Gasteiger partial charge in [0.05, 0.1) is 0 Å². The maximum absolute atomic E-state index is 13.3.